The fourth-order valence-corrected chi connectivity index (χ4v) is 2.23. The van der Waals surface area contributed by atoms with E-state index < -0.39 is 16.9 Å². The first kappa shape index (κ1) is 17.1. The number of nitrogens with zero attached hydrogens (tertiary/aromatic N) is 1. The molecule has 0 radical (unpaired) electrons. The van der Waals surface area contributed by atoms with Crippen LogP contribution in [-0.4, -0.2) is 16.9 Å². The van der Waals surface area contributed by atoms with Crippen molar-refractivity contribution in [3.63, 3.8) is 0 Å². The van der Waals surface area contributed by atoms with Crippen LogP contribution in [0.15, 0.2) is 42.5 Å². The first-order chi connectivity index (χ1) is 10.9. The normalized spacial score (nSPS) is 11.6. The Balaban J connectivity index is 2.10. The maximum Gasteiger partial charge on any atom is 0.310 e. The van der Waals surface area contributed by atoms with Gasteiger partial charge in [0, 0.05) is 11.1 Å². The zero-order valence-corrected chi connectivity index (χ0v) is 13.5. The highest BCUT2D eigenvalue weighted by Gasteiger charge is 2.21. The summed E-state index contributed by atoms with van der Waals surface area (Å²) >= 11 is 11.8. The molecule has 0 aliphatic heterocycles. The molecule has 1 N–H and O–H groups in total. The second-order valence-corrected chi connectivity index (χ2v) is 5.44. The first-order valence-corrected chi connectivity index (χ1v) is 7.30. The lowest BCUT2D eigenvalue weighted by molar-refractivity contribution is -0.386. The van der Waals surface area contributed by atoms with Crippen LogP contribution >= 0.6 is 23.2 Å². The molecule has 0 unspecified atom stereocenters. The molecule has 1 amide bonds. The van der Waals surface area contributed by atoms with Gasteiger partial charge >= 0.3 is 5.69 Å². The Bertz CT molecular complexity index is 752. The van der Waals surface area contributed by atoms with Gasteiger partial charge < -0.3 is 10.1 Å². The van der Waals surface area contributed by atoms with Gasteiger partial charge in [-0.3, -0.25) is 14.9 Å². The van der Waals surface area contributed by atoms with Crippen molar-refractivity contribution in [3.05, 3.63) is 62.6 Å². The molecule has 0 aliphatic carbocycles. The summed E-state index contributed by atoms with van der Waals surface area (Å²) in [7, 11) is 0. The average Bonchev–Trinajstić information content (AvgIpc) is 2.50. The number of halogens is 2. The topological polar surface area (TPSA) is 81.5 Å². The highest BCUT2D eigenvalue weighted by molar-refractivity contribution is 6.36. The molecule has 0 heterocycles. The highest BCUT2D eigenvalue weighted by Crippen LogP contribution is 2.28. The Kier molecular flexibility index (Phi) is 5.41. The number of nitro groups is 1. The number of carbonyl (C=O) groups excluding carboxylic acids is 1. The van der Waals surface area contributed by atoms with Crippen molar-refractivity contribution in [3.8, 4) is 5.75 Å². The Labute approximate surface area is 142 Å². The Morgan fingerprint density at radius 2 is 1.96 bits per heavy atom. The van der Waals surface area contributed by atoms with Gasteiger partial charge in [0.05, 0.1) is 15.6 Å². The number of rotatable bonds is 5. The third-order valence-corrected chi connectivity index (χ3v) is 3.47. The lowest BCUT2D eigenvalue weighted by atomic mass is 10.2. The van der Waals surface area contributed by atoms with Gasteiger partial charge in [0.15, 0.2) is 11.9 Å². The number of nitrogens with one attached hydrogen (secondary N) is 1. The minimum Gasteiger partial charge on any atom is -0.474 e. The number of para-hydroxylation sites is 2. The zero-order chi connectivity index (χ0) is 17.0. The summed E-state index contributed by atoms with van der Waals surface area (Å²) in [5.41, 5.74) is 0.163. The van der Waals surface area contributed by atoms with Crippen LogP contribution in [0.3, 0.4) is 0 Å². The SMILES string of the molecule is C[C@H](Oc1ccccc1[N+](=O)[O-])C(=O)Nc1ccc(Cl)cc1Cl. The van der Waals surface area contributed by atoms with Crippen LogP contribution in [0.25, 0.3) is 0 Å². The van der Waals surface area contributed by atoms with E-state index in [1.54, 1.807) is 18.2 Å². The van der Waals surface area contributed by atoms with Crippen molar-refractivity contribution < 1.29 is 14.5 Å². The number of nitro benzene ring substituents is 1. The van der Waals surface area contributed by atoms with Gasteiger partial charge in [-0.25, -0.2) is 0 Å². The van der Waals surface area contributed by atoms with Gasteiger partial charge in [0.25, 0.3) is 5.91 Å². The van der Waals surface area contributed by atoms with E-state index in [0.717, 1.165) is 0 Å². The number of anilines is 1. The Hall–Kier alpha value is -2.31. The molecule has 1 atom stereocenters. The smallest absolute Gasteiger partial charge is 0.310 e. The third-order valence-electron chi connectivity index (χ3n) is 2.92. The van der Waals surface area contributed by atoms with Gasteiger partial charge in [0.2, 0.25) is 0 Å². The molecule has 0 aromatic heterocycles. The second kappa shape index (κ2) is 7.30. The van der Waals surface area contributed by atoms with E-state index in [1.165, 1.54) is 31.2 Å². The fourth-order valence-electron chi connectivity index (χ4n) is 1.78. The molecular formula is C15H12Cl2N2O4. The summed E-state index contributed by atoms with van der Waals surface area (Å²) in [6.45, 7) is 1.48. The van der Waals surface area contributed by atoms with E-state index >= 15 is 0 Å². The molecule has 2 rings (SSSR count). The predicted octanol–water partition coefficient (Wildman–Crippen LogP) is 4.31. The molecule has 6 nitrogen and oxygen atoms in total. The van der Waals surface area contributed by atoms with Crippen LogP contribution in [-0.2, 0) is 4.79 Å². The number of hydrogen-bond donors (Lipinski definition) is 1. The highest BCUT2D eigenvalue weighted by atomic mass is 35.5. The first-order valence-electron chi connectivity index (χ1n) is 6.54. The molecular weight excluding hydrogens is 343 g/mol. The van der Waals surface area contributed by atoms with Crippen LogP contribution in [0.1, 0.15) is 6.92 Å². The van der Waals surface area contributed by atoms with Gasteiger partial charge in [-0.15, -0.1) is 0 Å². The fraction of sp³-hybridized carbons (Fsp3) is 0.133. The standard InChI is InChI=1S/C15H12Cl2N2O4/c1-9(23-14-5-3-2-4-13(14)19(21)22)15(20)18-12-7-6-10(16)8-11(12)17/h2-9H,1H3,(H,18,20)/t9-/m0/s1. The predicted molar refractivity (Wildman–Crippen MR) is 88.3 cm³/mol. The van der Waals surface area contributed by atoms with Crippen molar-refractivity contribution in [1.29, 1.82) is 0 Å². The molecule has 120 valence electrons. The average molecular weight is 355 g/mol. The summed E-state index contributed by atoms with van der Waals surface area (Å²) in [6.07, 6.45) is -0.956. The van der Waals surface area contributed by atoms with Gasteiger partial charge in [-0.05, 0) is 31.2 Å². The molecule has 2 aromatic rings. The van der Waals surface area contributed by atoms with E-state index in [1.807, 2.05) is 0 Å². The molecule has 0 spiro atoms. The lowest BCUT2D eigenvalue weighted by Crippen LogP contribution is -2.30. The van der Waals surface area contributed by atoms with E-state index in [4.69, 9.17) is 27.9 Å². The van der Waals surface area contributed by atoms with Crippen LogP contribution < -0.4 is 10.1 Å². The minimum atomic E-state index is -0.956. The van der Waals surface area contributed by atoms with Crippen LogP contribution in [0.2, 0.25) is 10.0 Å². The van der Waals surface area contributed by atoms with Crippen molar-refractivity contribution in [2.45, 2.75) is 13.0 Å². The number of ether oxygens (including phenoxy) is 1. The van der Waals surface area contributed by atoms with Crippen LogP contribution in [0, 0.1) is 10.1 Å². The third kappa shape index (κ3) is 4.34. The summed E-state index contributed by atoms with van der Waals surface area (Å²) < 4.78 is 5.38. The van der Waals surface area contributed by atoms with E-state index in [9.17, 15) is 14.9 Å². The zero-order valence-electron chi connectivity index (χ0n) is 12.0. The summed E-state index contributed by atoms with van der Waals surface area (Å²) in [6, 6.07) is 10.5. The maximum atomic E-state index is 12.1. The second-order valence-electron chi connectivity index (χ2n) is 4.60. The van der Waals surface area contributed by atoms with Gasteiger partial charge in [-0.2, -0.15) is 0 Å². The summed E-state index contributed by atoms with van der Waals surface area (Å²) in [5, 5.41) is 14.2. The molecule has 8 heteroatoms. The van der Waals surface area contributed by atoms with Gasteiger partial charge in [0.1, 0.15) is 0 Å². The van der Waals surface area contributed by atoms with Crippen LogP contribution in [0.4, 0.5) is 11.4 Å². The quantitative estimate of drug-likeness (QED) is 0.640. The van der Waals surface area contributed by atoms with Gasteiger partial charge in [-0.1, -0.05) is 35.3 Å². The molecule has 0 fully saturated rings. The number of benzene rings is 2. The molecule has 0 bridgehead atoms. The van der Waals surface area contributed by atoms with E-state index in [2.05, 4.69) is 5.32 Å². The molecule has 0 saturated heterocycles. The van der Waals surface area contributed by atoms with E-state index in [-0.39, 0.29) is 16.5 Å². The largest absolute Gasteiger partial charge is 0.474 e. The molecule has 0 saturated carbocycles. The monoisotopic (exact) mass is 354 g/mol. The minimum absolute atomic E-state index is 0.0161. The maximum absolute atomic E-state index is 12.1. The Morgan fingerprint density at radius 3 is 2.61 bits per heavy atom. The van der Waals surface area contributed by atoms with Crippen molar-refractivity contribution in [2.75, 3.05) is 5.32 Å². The summed E-state index contributed by atoms with van der Waals surface area (Å²) in [4.78, 5) is 22.5. The van der Waals surface area contributed by atoms with Crippen LogP contribution in [0.5, 0.6) is 5.75 Å². The van der Waals surface area contributed by atoms with Crippen molar-refractivity contribution in [2.24, 2.45) is 0 Å². The summed E-state index contributed by atoms with van der Waals surface area (Å²) in [5.74, 6) is -0.477. The number of amides is 1. The van der Waals surface area contributed by atoms with Crippen molar-refractivity contribution in [1.82, 2.24) is 0 Å². The number of carbonyl (C=O) groups is 1. The molecule has 0 aliphatic rings. The molecule has 2 aromatic carbocycles. The molecule has 23 heavy (non-hydrogen) atoms. The van der Waals surface area contributed by atoms with E-state index in [0.29, 0.717) is 10.7 Å². The number of hydrogen-bond acceptors (Lipinski definition) is 4. The van der Waals surface area contributed by atoms with Crippen molar-refractivity contribution >= 4 is 40.5 Å². The lowest BCUT2D eigenvalue weighted by Gasteiger charge is -2.15. The Morgan fingerprint density at radius 1 is 1.26 bits per heavy atom.